The third kappa shape index (κ3) is 32.9. The second kappa shape index (κ2) is 46.6. The summed E-state index contributed by atoms with van der Waals surface area (Å²) >= 11 is 0. The number of aliphatic hydroxyl groups is 2. The number of allylic oxidation sites excluding steroid dienone is 6. The van der Waals surface area contributed by atoms with Gasteiger partial charge in [0.05, 0.1) is 111 Å². The molecule has 0 bridgehead atoms. The van der Waals surface area contributed by atoms with E-state index >= 15 is 0 Å². The van der Waals surface area contributed by atoms with Crippen LogP contribution in [-0.4, -0.2) is 147 Å². The molecule has 472 valence electrons. The highest BCUT2D eigenvalue weighted by Gasteiger charge is 2.14. The SMILES string of the molecule is C/C(=C\CCC#C/C=C/C(C)C(O)/C(C)=C/CCc1cccc2ccccc12)C(=O)NCCOCCOCCOCCOCCOCCOCCOCCOCNC(=O)/C(C)=C/CCC#C/C=C/C(C)C(O)/C(C)=C/CCc1ccc2ccccc2c1. The van der Waals surface area contributed by atoms with Gasteiger partial charge in [-0.05, 0) is 122 Å². The van der Waals surface area contributed by atoms with Gasteiger partial charge in [-0.1, -0.05) is 159 Å². The molecule has 87 heavy (non-hydrogen) atoms. The van der Waals surface area contributed by atoms with E-state index in [4.69, 9.17) is 37.9 Å². The van der Waals surface area contributed by atoms with Crippen LogP contribution in [0, 0.1) is 35.5 Å². The van der Waals surface area contributed by atoms with Crippen molar-refractivity contribution in [2.24, 2.45) is 11.8 Å². The number of aliphatic hydroxyl groups excluding tert-OH is 2. The Hall–Kier alpha value is -6.50. The summed E-state index contributed by atoms with van der Waals surface area (Å²) in [7, 11) is 0. The summed E-state index contributed by atoms with van der Waals surface area (Å²) in [5.74, 6) is 11.9. The van der Waals surface area contributed by atoms with E-state index in [0.717, 1.165) is 36.8 Å². The van der Waals surface area contributed by atoms with E-state index in [0.29, 0.717) is 142 Å². The number of hydrogen-bond donors (Lipinski definition) is 4. The summed E-state index contributed by atoms with van der Waals surface area (Å²) in [6, 6.07) is 29.8. The molecule has 0 spiro atoms. The monoisotopic (exact) mass is 1190 g/mol. The second-order valence-corrected chi connectivity index (χ2v) is 21.2. The van der Waals surface area contributed by atoms with Gasteiger partial charge in [-0.15, -0.1) is 0 Å². The molecule has 4 rings (SSSR count). The highest BCUT2D eigenvalue weighted by atomic mass is 16.6. The van der Waals surface area contributed by atoms with Gasteiger partial charge in [0.15, 0.2) is 0 Å². The molecule has 0 saturated carbocycles. The number of ether oxygens (including phenoxy) is 8. The third-order valence-corrected chi connectivity index (χ3v) is 14.2. The molecule has 0 fully saturated rings. The standard InChI is InChI=1S/C73H98N2O12/c1-58(70(76)60(3)28-21-30-64-38-39-65-31-17-18-33-68(65)56-64)24-13-10-8-12-16-27-63(6)73(79)75-57-87-55-54-86-53-52-85-51-50-84-49-48-83-47-46-82-45-44-81-43-42-80-41-40-74-72(78)62(5)26-15-11-7-9-14-25-59(2)71(77)61(4)29-22-34-67-36-23-35-66-32-19-20-37-69(66)67/h13-14,17-20,23-29,31-33,35-39,56,58-59,70-71,76-77H,11-12,15-16,21-22,30,34,40-55,57H2,1-6H3,(H,74,78)(H,75,79)/b24-13+,25-14+,60-28+,61-29+,62-26+,63-27+. The van der Waals surface area contributed by atoms with E-state index in [9.17, 15) is 19.8 Å². The minimum absolute atomic E-state index is 0.0589. The van der Waals surface area contributed by atoms with Crippen molar-refractivity contribution in [1.29, 1.82) is 0 Å². The van der Waals surface area contributed by atoms with E-state index in [2.05, 4.69) is 131 Å². The summed E-state index contributed by atoms with van der Waals surface area (Å²) < 4.78 is 44.3. The molecular formula is C73H98N2O12. The zero-order chi connectivity index (χ0) is 62.4. The van der Waals surface area contributed by atoms with E-state index in [-0.39, 0.29) is 30.4 Å². The lowest BCUT2D eigenvalue weighted by atomic mass is 9.95. The fraction of sp³-hybridized carbons (Fsp3) is 0.479. The van der Waals surface area contributed by atoms with E-state index in [1.807, 2.05) is 52.0 Å². The molecule has 2 amide bonds. The van der Waals surface area contributed by atoms with Gasteiger partial charge < -0.3 is 58.7 Å². The van der Waals surface area contributed by atoms with Crippen LogP contribution in [0.2, 0.25) is 0 Å². The summed E-state index contributed by atoms with van der Waals surface area (Å²) in [6.07, 6.45) is 20.5. The fourth-order valence-electron chi connectivity index (χ4n) is 8.92. The molecule has 4 atom stereocenters. The molecule has 4 aromatic carbocycles. The van der Waals surface area contributed by atoms with Crippen molar-refractivity contribution in [3.8, 4) is 23.7 Å². The maximum absolute atomic E-state index is 12.4. The normalized spacial score (nSPS) is 13.8. The van der Waals surface area contributed by atoms with Crippen molar-refractivity contribution in [3.05, 3.63) is 167 Å². The number of aryl methyl sites for hydroxylation is 2. The quantitative estimate of drug-likeness (QED) is 0.0109. The van der Waals surface area contributed by atoms with Crippen molar-refractivity contribution in [2.75, 3.05) is 112 Å². The molecule has 0 heterocycles. The van der Waals surface area contributed by atoms with Crippen LogP contribution >= 0.6 is 0 Å². The average molecular weight is 1200 g/mol. The number of hydrogen-bond acceptors (Lipinski definition) is 12. The van der Waals surface area contributed by atoms with Crippen molar-refractivity contribution >= 4 is 33.4 Å². The van der Waals surface area contributed by atoms with Gasteiger partial charge in [0.25, 0.3) is 0 Å². The van der Waals surface area contributed by atoms with Crippen molar-refractivity contribution in [3.63, 3.8) is 0 Å². The Morgan fingerprint density at radius 3 is 1.44 bits per heavy atom. The fourth-order valence-corrected chi connectivity index (χ4v) is 8.92. The molecular weight excluding hydrogens is 1100 g/mol. The van der Waals surface area contributed by atoms with E-state index < -0.39 is 12.2 Å². The largest absolute Gasteiger partial charge is 0.388 e. The van der Waals surface area contributed by atoms with Gasteiger partial charge >= 0.3 is 0 Å². The van der Waals surface area contributed by atoms with Gasteiger partial charge in [-0.3, -0.25) is 9.59 Å². The number of carbonyl (C=O) groups excluding carboxylic acids is 2. The Kier molecular flexibility index (Phi) is 39.1. The van der Waals surface area contributed by atoms with Crippen LogP contribution in [0.1, 0.15) is 91.2 Å². The van der Waals surface area contributed by atoms with Crippen LogP contribution in [0.15, 0.2) is 156 Å². The Balaban J connectivity index is 0.834. The summed E-state index contributed by atoms with van der Waals surface area (Å²) in [4.78, 5) is 24.8. The lowest BCUT2D eigenvalue weighted by Crippen LogP contribution is -2.28. The lowest BCUT2D eigenvalue weighted by molar-refractivity contribution is -0.119. The molecule has 0 aliphatic rings. The molecule has 0 aliphatic heterocycles. The number of amides is 2. The van der Waals surface area contributed by atoms with Crippen LogP contribution in [0.4, 0.5) is 0 Å². The summed E-state index contributed by atoms with van der Waals surface area (Å²) in [5, 5.41) is 32.3. The maximum Gasteiger partial charge on any atom is 0.248 e. The number of carbonyl (C=O) groups is 2. The first-order valence-electron chi connectivity index (χ1n) is 30.9. The minimum atomic E-state index is -0.564. The van der Waals surface area contributed by atoms with Gasteiger partial charge in [-0.2, -0.15) is 0 Å². The molecule has 4 N–H and O–H groups in total. The number of fused-ring (bicyclic) bond motifs is 2. The molecule has 4 unspecified atom stereocenters. The first-order valence-corrected chi connectivity index (χ1v) is 30.9. The van der Waals surface area contributed by atoms with Crippen LogP contribution in [-0.2, 0) is 60.3 Å². The maximum atomic E-state index is 12.4. The first-order chi connectivity index (χ1) is 42.4. The van der Waals surface area contributed by atoms with Gasteiger partial charge in [0.1, 0.15) is 6.73 Å². The highest BCUT2D eigenvalue weighted by molar-refractivity contribution is 5.93. The van der Waals surface area contributed by atoms with E-state index in [1.54, 1.807) is 26.0 Å². The summed E-state index contributed by atoms with van der Waals surface area (Å²) in [6.45, 7) is 18.4. The Bertz CT molecular complexity index is 2910. The van der Waals surface area contributed by atoms with Crippen LogP contribution in [0.25, 0.3) is 21.5 Å². The van der Waals surface area contributed by atoms with Crippen molar-refractivity contribution in [1.82, 2.24) is 10.6 Å². The topological polar surface area (TPSA) is 172 Å². The van der Waals surface area contributed by atoms with Gasteiger partial charge in [-0.25, -0.2) is 0 Å². The summed E-state index contributed by atoms with van der Waals surface area (Å²) in [5.41, 5.74) is 5.78. The van der Waals surface area contributed by atoms with Crippen LogP contribution in [0.5, 0.6) is 0 Å². The molecule has 0 aromatic heterocycles. The van der Waals surface area contributed by atoms with Gasteiger partial charge in [0, 0.05) is 42.4 Å². The smallest absolute Gasteiger partial charge is 0.248 e. The Morgan fingerprint density at radius 2 is 0.908 bits per heavy atom. The molecule has 4 aromatic rings. The zero-order valence-corrected chi connectivity index (χ0v) is 52.7. The zero-order valence-electron chi connectivity index (χ0n) is 52.7. The third-order valence-electron chi connectivity index (χ3n) is 14.2. The molecule has 0 aliphatic carbocycles. The second-order valence-electron chi connectivity index (χ2n) is 21.2. The molecule has 0 saturated heterocycles. The van der Waals surface area contributed by atoms with Crippen molar-refractivity contribution < 1.29 is 57.7 Å². The first kappa shape index (κ1) is 73.0. The number of rotatable bonds is 44. The van der Waals surface area contributed by atoms with Crippen molar-refractivity contribution in [2.45, 2.75) is 105 Å². The Labute approximate surface area is 519 Å². The molecule has 14 nitrogen and oxygen atoms in total. The number of unbranched alkanes of at least 4 members (excludes halogenated alkanes) is 2. The number of nitrogens with one attached hydrogen (secondary N) is 2. The van der Waals surface area contributed by atoms with Crippen LogP contribution in [0.3, 0.4) is 0 Å². The molecule has 0 radical (unpaired) electrons. The lowest BCUT2D eigenvalue weighted by Gasteiger charge is -2.16. The van der Waals surface area contributed by atoms with E-state index in [1.165, 1.54) is 32.7 Å². The Morgan fingerprint density at radius 1 is 0.471 bits per heavy atom. The number of benzene rings is 4. The highest BCUT2D eigenvalue weighted by Crippen LogP contribution is 2.22. The predicted molar refractivity (Wildman–Crippen MR) is 350 cm³/mol. The predicted octanol–water partition coefficient (Wildman–Crippen LogP) is 11.3. The van der Waals surface area contributed by atoms with Crippen LogP contribution < -0.4 is 10.6 Å². The molecule has 14 heteroatoms. The minimum Gasteiger partial charge on any atom is -0.388 e. The van der Waals surface area contributed by atoms with Gasteiger partial charge in [0.2, 0.25) is 11.8 Å². The average Bonchev–Trinajstić information content (AvgIpc) is 3.63.